The molecule has 0 amide bonds. The van der Waals surface area contributed by atoms with Gasteiger partial charge in [-0.25, -0.2) is 0 Å². The van der Waals surface area contributed by atoms with Crippen molar-refractivity contribution >= 4 is 29.9 Å². The number of guanidine groups is 1. The summed E-state index contributed by atoms with van der Waals surface area (Å²) in [6.45, 7) is 4.99. The van der Waals surface area contributed by atoms with Crippen LogP contribution in [0.3, 0.4) is 0 Å². The van der Waals surface area contributed by atoms with E-state index in [1.807, 2.05) is 24.3 Å². The topological polar surface area (TPSA) is 80.9 Å². The smallest absolute Gasteiger partial charge is 0.189 e. The van der Waals surface area contributed by atoms with Gasteiger partial charge in [0.05, 0.1) is 19.2 Å². The number of para-hydroxylation sites is 1. The van der Waals surface area contributed by atoms with Gasteiger partial charge in [-0.1, -0.05) is 48.5 Å². The lowest BCUT2D eigenvalue weighted by molar-refractivity contribution is 0.0374. The van der Waals surface area contributed by atoms with E-state index >= 15 is 0 Å². The van der Waals surface area contributed by atoms with Gasteiger partial charge in [0.2, 0.25) is 0 Å². The van der Waals surface area contributed by atoms with Crippen molar-refractivity contribution < 1.29 is 9.47 Å². The molecule has 2 heterocycles. The Hall–Kier alpha value is -1.84. The molecule has 0 aromatic heterocycles. The normalized spacial score (nSPS) is 21.2. The highest BCUT2D eigenvalue weighted by Crippen LogP contribution is 2.31. The second-order valence-electron chi connectivity index (χ2n) is 8.24. The van der Waals surface area contributed by atoms with Crippen molar-refractivity contribution in [2.45, 2.75) is 43.8 Å². The number of nitrogens with one attached hydrogen (secondary N) is 2. The van der Waals surface area contributed by atoms with E-state index in [1.54, 1.807) is 0 Å². The zero-order valence-corrected chi connectivity index (χ0v) is 20.4. The van der Waals surface area contributed by atoms with Crippen LogP contribution in [-0.2, 0) is 4.74 Å². The molecule has 0 spiro atoms. The summed E-state index contributed by atoms with van der Waals surface area (Å²) in [4.78, 5) is 4.76. The summed E-state index contributed by atoms with van der Waals surface area (Å²) >= 11 is 0. The number of nitrogens with two attached hydrogens (primary N) is 1. The largest absolute Gasteiger partial charge is 0.493 e. The maximum atomic E-state index is 6.32. The van der Waals surface area contributed by atoms with Crippen LogP contribution >= 0.6 is 24.0 Å². The molecule has 2 unspecified atom stereocenters. The van der Waals surface area contributed by atoms with Gasteiger partial charge in [-0.3, -0.25) is 4.99 Å². The van der Waals surface area contributed by atoms with E-state index in [1.165, 1.54) is 5.56 Å². The molecular formula is C24H33IN4O2. The van der Waals surface area contributed by atoms with Gasteiger partial charge in [-0.15, -0.1) is 24.0 Å². The molecule has 2 aromatic rings. The van der Waals surface area contributed by atoms with Crippen LogP contribution in [0.4, 0.5) is 0 Å². The first-order chi connectivity index (χ1) is 14.7. The van der Waals surface area contributed by atoms with Gasteiger partial charge in [-0.05, 0) is 31.4 Å². The van der Waals surface area contributed by atoms with Crippen LogP contribution < -0.4 is 21.1 Å². The van der Waals surface area contributed by atoms with Crippen molar-refractivity contribution in [2.75, 3.05) is 26.4 Å². The summed E-state index contributed by atoms with van der Waals surface area (Å²) in [5, 5.41) is 7.24. The molecule has 0 radical (unpaired) electrons. The number of nitrogens with zero attached hydrogens (tertiary/aromatic N) is 1. The molecule has 2 aliphatic rings. The average molecular weight is 536 g/mol. The van der Waals surface area contributed by atoms with Crippen molar-refractivity contribution in [3.05, 3.63) is 65.7 Å². The first kappa shape index (κ1) is 23.8. The third kappa shape index (κ3) is 6.11. The number of rotatable bonds is 6. The van der Waals surface area contributed by atoms with Crippen molar-refractivity contribution in [1.29, 1.82) is 0 Å². The van der Waals surface area contributed by atoms with Crippen LogP contribution in [0.5, 0.6) is 5.75 Å². The molecule has 2 aliphatic heterocycles. The Balaban J connectivity index is 0.00000272. The minimum atomic E-state index is -0.118. The minimum absolute atomic E-state index is 0. The van der Waals surface area contributed by atoms with E-state index in [9.17, 15) is 0 Å². The van der Waals surface area contributed by atoms with Crippen LogP contribution in [0.25, 0.3) is 0 Å². The highest BCUT2D eigenvalue weighted by atomic mass is 127. The summed E-state index contributed by atoms with van der Waals surface area (Å²) in [6, 6.07) is 19.0. The van der Waals surface area contributed by atoms with Crippen LogP contribution in [0.2, 0.25) is 0 Å². The lowest BCUT2D eigenvalue weighted by atomic mass is 9.88. The van der Waals surface area contributed by atoms with Gasteiger partial charge in [-0.2, -0.15) is 0 Å². The van der Waals surface area contributed by atoms with Crippen LogP contribution in [0.15, 0.2) is 59.6 Å². The van der Waals surface area contributed by atoms with Gasteiger partial charge in [0.25, 0.3) is 0 Å². The standard InChI is InChI=1S/C24H32N4O2.HI/c1-18(19-7-3-2-4-8-19)28-24(12-15-29-16-13-24)17-26-23(25)27-21-11-14-30-22-10-6-5-9-20(21)22;/h2-10,18,21,28H,11-17H2,1H3,(H3,25,26,27);1H. The maximum absolute atomic E-state index is 6.32. The Morgan fingerprint density at radius 2 is 1.81 bits per heavy atom. The Morgan fingerprint density at radius 3 is 2.58 bits per heavy atom. The molecule has 6 nitrogen and oxygen atoms in total. The fraction of sp³-hybridized carbons (Fsp3) is 0.458. The monoisotopic (exact) mass is 536 g/mol. The summed E-state index contributed by atoms with van der Waals surface area (Å²) in [5.41, 5.74) is 8.61. The molecule has 31 heavy (non-hydrogen) atoms. The van der Waals surface area contributed by atoms with Gasteiger partial charge >= 0.3 is 0 Å². The number of hydrogen-bond acceptors (Lipinski definition) is 4. The van der Waals surface area contributed by atoms with Crippen molar-refractivity contribution in [3.8, 4) is 5.75 Å². The third-order valence-electron chi connectivity index (χ3n) is 6.10. The maximum Gasteiger partial charge on any atom is 0.189 e. The Morgan fingerprint density at radius 1 is 1.10 bits per heavy atom. The number of hydrogen-bond donors (Lipinski definition) is 3. The van der Waals surface area contributed by atoms with E-state index in [0.29, 0.717) is 19.1 Å². The second kappa shape index (κ2) is 11.2. The molecule has 7 heteroatoms. The first-order valence-corrected chi connectivity index (χ1v) is 10.8. The predicted octanol–water partition coefficient (Wildman–Crippen LogP) is 3.93. The van der Waals surface area contributed by atoms with Gasteiger partial charge in [0.15, 0.2) is 5.96 Å². The Bertz CT molecular complexity index is 856. The lowest BCUT2D eigenvalue weighted by Crippen LogP contribution is -2.53. The molecule has 1 saturated heterocycles. The van der Waals surface area contributed by atoms with Gasteiger partial charge in [0.1, 0.15) is 5.75 Å². The number of ether oxygens (including phenoxy) is 2. The Labute approximate surface area is 202 Å². The van der Waals surface area contributed by atoms with Crippen LogP contribution in [0, 0.1) is 0 Å². The molecule has 4 N–H and O–H groups in total. The van der Waals surface area contributed by atoms with Gasteiger partial charge in [0, 0.05) is 36.8 Å². The molecule has 0 saturated carbocycles. The highest BCUT2D eigenvalue weighted by molar-refractivity contribution is 14.0. The molecule has 1 fully saturated rings. The van der Waals surface area contributed by atoms with Crippen LogP contribution in [-0.4, -0.2) is 37.9 Å². The molecular weight excluding hydrogens is 503 g/mol. The molecule has 168 valence electrons. The minimum Gasteiger partial charge on any atom is -0.493 e. The average Bonchev–Trinajstić information content (AvgIpc) is 2.79. The molecule has 2 aromatic carbocycles. The van der Waals surface area contributed by atoms with E-state index in [0.717, 1.165) is 43.8 Å². The number of aliphatic imine (C=N–C) groups is 1. The SMILES string of the molecule is CC(NC1(CN=C(N)NC2CCOc3ccccc32)CCOCC1)c1ccccc1.I. The zero-order valence-electron chi connectivity index (χ0n) is 18.0. The van der Waals surface area contributed by atoms with E-state index in [-0.39, 0.29) is 41.6 Å². The summed E-state index contributed by atoms with van der Waals surface area (Å²) in [7, 11) is 0. The second-order valence-corrected chi connectivity index (χ2v) is 8.24. The first-order valence-electron chi connectivity index (χ1n) is 10.8. The number of benzene rings is 2. The predicted molar refractivity (Wildman–Crippen MR) is 135 cm³/mol. The molecule has 4 rings (SSSR count). The number of halogens is 1. The summed E-state index contributed by atoms with van der Waals surface area (Å²) in [5.74, 6) is 1.41. The highest BCUT2D eigenvalue weighted by Gasteiger charge is 2.34. The summed E-state index contributed by atoms with van der Waals surface area (Å²) < 4.78 is 11.4. The lowest BCUT2D eigenvalue weighted by Gasteiger charge is -2.39. The van der Waals surface area contributed by atoms with Gasteiger partial charge < -0.3 is 25.8 Å². The molecule has 2 atom stereocenters. The van der Waals surface area contributed by atoms with Crippen molar-refractivity contribution in [3.63, 3.8) is 0 Å². The quantitative estimate of drug-likeness (QED) is 0.296. The van der Waals surface area contributed by atoms with E-state index in [2.05, 4.69) is 47.9 Å². The Kier molecular flexibility index (Phi) is 8.57. The van der Waals surface area contributed by atoms with Crippen molar-refractivity contribution in [2.24, 2.45) is 10.7 Å². The summed E-state index contributed by atoms with van der Waals surface area (Å²) in [6.07, 6.45) is 2.71. The number of fused-ring (bicyclic) bond motifs is 1. The van der Waals surface area contributed by atoms with Crippen LogP contribution in [0.1, 0.15) is 49.4 Å². The fourth-order valence-corrected chi connectivity index (χ4v) is 4.35. The third-order valence-corrected chi connectivity index (χ3v) is 6.10. The zero-order chi connectivity index (χ0) is 20.8. The van der Waals surface area contributed by atoms with E-state index < -0.39 is 0 Å². The fourth-order valence-electron chi connectivity index (χ4n) is 4.35. The van der Waals surface area contributed by atoms with Crippen molar-refractivity contribution in [1.82, 2.24) is 10.6 Å². The molecule has 0 aliphatic carbocycles. The van der Waals surface area contributed by atoms with E-state index in [4.69, 9.17) is 20.2 Å². The molecule has 0 bridgehead atoms.